The summed E-state index contributed by atoms with van der Waals surface area (Å²) in [6.07, 6.45) is 1.62. The maximum atomic E-state index is 13.6. The van der Waals surface area contributed by atoms with Crippen LogP contribution in [0.5, 0.6) is 0 Å². The molecule has 0 radical (unpaired) electrons. The summed E-state index contributed by atoms with van der Waals surface area (Å²) < 4.78 is 13.1. The summed E-state index contributed by atoms with van der Waals surface area (Å²) >= 11 is 1.20. The summed E-state index contributed by atoms with van der Waals surface area (Å²) in [5.41, 5.74) is 2.05. The van der Waals surface area contributed by atoms with Crippen molar-refractivity contribution in [1.29, 1.82) is 0 Å². The topological polar surface area (TPSA) is 111 Å². The minimum atomic E-state index is -1.03. The second-order valence-corrected chi connectivity index (χ2v) is 9.31. The fourth-order valence-electron chi connectivity index (χ4n) is 4.26. The van der Waals surface area contributed by atoms with E-state index < -0.39 is 18.0 Å². The van der Waals surface area contributed by atoms with Gasteiger partial charge in [-0.05, 0) is 43.7 Å². The van der Waals surface area contributed by atoms with E-state index in [1.165, 1.54) is 28.0 Å². The Morgan fingerprint density at radius 3 is 2.65 bits per heavy atom. The van der Waals surface area contributed by atoms with Crippen LogP contribution in [0.3, 0.4) is 0 Å². The number of carbonyl (C=O) groups is 2. The molecule has 2 aromatic carbocycles. The summed E-state index contributed by atoms with van der Waals surface area (Å²) in [6, 6.07) is 18.5. The Balaban J connectivity index is 1.61. The van der Waals surface area contributed by atoms with Gasteiger partial charge in [0.05, 0.1) is 34.0 Å². The third kappa shape index (κ3) is 4.56. The molecule has 0 aliphatic carbocycles. The third-order valence-electron chi connectivity index (χ3n) is 5.93. The number of hydrogen-bond donors (Lipinski definition) is 1. The summed E-state index contributed by atoms with van der Waals surface area (Å²) in [5.74, 6) is -0.630. The monoisotopic (exact) mass is 514 g/mol. The number of ether oxygens (including phenoxy) is 1. The van der Waals surface area contributed by atoms with E-state index in [-0.39, 0.29) is 17.7 Å². The number of aromatic carboxylic acids is 1. The lowest BCUT2D eigenvalue weighted by molar-refractivity contribution is -0.139. The summed E-state index contributed by atoms with van der Waals surface area (Å²) in [6.45, 7) is 3.68. The molecule has 37 heavy (non-hydrogen) atoms. The highest BCUT2D eigenvalue weighted by atomic mass is 32.1. The number of fused-ring (bicyclic) bond motifs is 1. The largest absolute Gasteiger partial charge is 0.478 e. The van der Waals surface area contributed by atoms with Crippen LogP contribution in [0.2, 0.25) is 0 Å². The number of furan rings is 1. The smallest absolute Gasteiger partial charge is 0.338 e. The highest BCUT2D eigenvalue weighted by molar-refractivity contribution is 7.07. The van der Waals surface area contributed by atoms with E-state index >= 15 is 0 Å². The average molecular weight is 515 g/mol. The van der Waals surface area contributed by atoms with Gasteiger partial charge in [0.1, 0.15) is 11.5 Å². The number of thiazole rings is 1. The standard InChI is InChI=1S/C28H22N2O6S/c1-3-35-27(34)23-16(2)29-28-30(24(23)17-8-5-4-6-9-17)25(31)22(37-28)15-20-12-13-21(36-20)18-10-7-11-19(14-18)26(32)33/h4-15,24H,3H2,1-2H3,(H,32,33)/b22-15+. The number of carboxylic acids is 1. The maximum Gasteiger partial charge on any atom is 0.338 e. The number of benzene rings is 2. The predicted molar refractivity (Wildman–Crippen MR) is 138 cm³/mol. The minimum absolute atomic E-state index is 0.150. The van der Waals surface area contributed by atoms with Crippen molar-refractivity contribution >= 4 is 29.4 Å². The first-order chi connectivity index (χ1) is 17.9. The number of carbonyl (C=O) groups excluding carboxylic acids is 1. The number of hydrogen-bond acceptors (Lipinski definition) is 7. The molecule has 1 unspecified atom stereocenters. The van der Waals surface area contributed by atoms with Crippen molar-refractivity contribution in [2.24, 2.45) is 4.99 Å². The van der Waals surface area contributed by atoms with Gasteiger partial charge in [-0.25, -0.2) is 14.6 Å². The molecule has 1 aliphatic rings. The van der Waals surface area contributed by atoms with Crippen LogP contribution in [0.25, 0.3) is 17.4 Å². The van der Waals surface area contributed by atoms with Crippen LogP contribution in [0.15, 0.2) is 92.2 Å². The van der Waals surface area contributed by atoms with Gasteiger partial charge < -0.3 is 14.3 Å². The van der Waals surface area contributed by atoms with Crippen LogP contribution < -0.4 is 14.9 Å². The molecule has 1 atom stereocenters. The van der Waals surface area contributed by atoms with Gasteiger partial charge in [0.2, 0.25) is 0 Å². The van der Waals surface area contributed by atoms with Crippen molar-refractivity contribution in [3.05, 3.63) is 115 Å². The number of esters is 1. The van der Waals surface area contributed by atoms with Crippen molar-refractivity contribution in [1.82, 2.24) is 4.57 Å². The van der Waals surface area contributed by atoms with Gasteiger partial charge in [0.25, 0.3) is 5.56 Å². The van der Waals surface area contributed by atoms with Crippen LogP contribution in [0.4, 0.5) is 0 Å². The Labute approximate surface area is 215 Å². The van der Waals surface area contributed by atoms with E-state index in [1.54, 1.807) is 44.2 Å². The minimum Gasteiger partial charge on any atom is -0.478 e. The Morgan fingerprint density at radius 2 is 1.92 bits per heavy atom. The van der Waals surface area contributed by atoms with E-state index in [0.29, 0.717) is 37.7 Å². The van der Waals surface area contributed by atoms with Gasteiger partial charge in [-0.3, -0.25) is 9.36 Å². The number of rotatable bonds is 6. The van der Waals surface area contributed by atoms with E-state index in [9.17, 15) is 19.5 Å². The van der Waals surface area contributed by atoms with Gasteiger partial charge in [-0.2, -0.15) is 0 Å². The normalized spacial score (nSPS) is 15.3. The van der Waals surface area contributed by atoms with E-state index in [0.717, 1.165) is 5.56 Å². The Hall–Kier alpha value is -4.50. The van der Waals surface area contributed by atoms with Gasteiger partial charge in [0, 0.05) is 11.6 Å². The van der Waals surface area contributed by atoms with Crippen LogP contribution in [-0.4, -0.2) is 28.2 Å². The number of nitrogens with zero attached hydrogens (tertiary/aromatic N) is 2. The quantitative estimate of drug-likeness (QED) is 0.392. The second-order valence-electron chi connectivity index (χ2n) is 8.30. The van der Waals surface area contributed by atoms with Crippen LogP contribution >= 0.6 is 11.3 Å². The Morgan fingerprint density at radius 1 is 1.14 bits per heavy atom. The molecule has 1 N–H and O–H groups in total. The van der Waals surface area contributed by atoms with Crippen LogP contribution in [0.1, 0.15) is 41.6 Å². The van der Waals surface area contributed by atoms with Crippen LogP contribution in [0, 0.1) is 0 Å². The van der Waals surface area contributed by atoms with E-state index in [1.807, 2.05) is 30.3 Å². The SMILES string of the molecule is CCOC(=O)C1=C(C)N=c2s/c(=C/c3ccc(-c4cccc(C(=O)O)c4)o3)c(=O)n2C1c1ccccc1. The van der Waals surface area contributed by atoms with Crippen molar-refractivity contribution in [2.45, 2.75) is 19.9 Å². The maximum absolute atomic E-state index is 13.6. The molecule has 0 fully saturated rings. The molecule has 8 nitrogen and oxygen atoms in total. The van der Waals surface area contributed by atoms with Gasteiger partial charge in [0.15, 0.2) is 4.80 Å². The molecule has 9 heteroatoms. The lowest BCUT2D eigenvalue weighted by atomic mass is 9.96. The van der Waals surface area contributed by atoms with Gasteiger partial charge in [-0.15, -0.1) is 0 Å². The summed E-state index contributed by atoms with van der Waals surface area (Å²) in [7, 11) is 0. The van der Waals surface area contributed by atoms with Crippen molar-refractivity contribution < 1.29 is 23.8 Å². The van der Waals surface area contributed by atoms with Crippen molar-refractivity contribution in [3.63, 3.8) is 0 Å². The highest BCUT2D eigenvalue weighted by Crippen LogP contribution is 2.30. The molecule has 3 heterocycles. The molecular weight excluding hydrogens is 492 g/mol. The van der Waals surface area contributed by atoms with E-state index in [2.05, 4.69) is 4.99 Å². The van der Waals surface area contributed by atoms with E-state index in [4.69, 9.17) is 9.15 Å². The molecule has 0 saturated carbocycles. The molecule has 0 saturated heterocycles. The molecule has 0 bridgehead atoms. The molecule has 2 aromatic heterocycles. The first-order valence-corrected chi connectivity index (χ1v) is 12.4. The van der Waals surface area contributed by atoms with Crippen LogP contribution in [-0.2, 0) is 9.53 Å². The lowest BCUT2D eigenvalue weighted by Gasteiger charge is -2.24. The highest BCUT2D eigenvalue weighted by Gasteiger charge is 2.33. The zero-order chi connectivity index (χ0) is 26.1. The molecule has 0 amide bonds. The first-order valence-electron chi connectivity index (χ1n) is 11.6. The summed E-state index contributed by atoms with van der Waals surface area (Å²) in [5, 5.41) is 9.26. The number of carboxylic acid groups (broad SMARTS) is 1. The average Bonchev–Trinajstić information content (AvgIpc) is 3.48. The molecule has 4 aromatic rings. The number of aromatic nitrogens is 1. The third-order valence-corrected chi connectivity index (χ3v) is 6.91. The van der Waals surface area contributed by atoms with Crippen molar-refractivity contribution in [3.8, 4) is 11.3 Å². The van der Waals surface area contributed by atoms with Crippen molar-refractivity contribution in [2.75, 3.05) is 6.61 Å². The second kappa shape index (κ2) is 9.87. The van der Waals surface area contributed by atoms with Gasteiger partial charge in [-0.1, -0.05) is 53.8 Å². The zero-order valence-electron chi connectivity index (χ0n) is 20.0. The Bertz CT molecular complexity index is 1730. The summed E-state index contributed by atoms with van der Waals surface area (Å²) in [4.78, 5) is 42.9. The number of allylic oxidation sites excluding steroid dienone is 1. The zero-order valence-corrected chi connectivity index (χ0v) is 20.8. The first kappa shape index (κ1) is 24.2. The molecule has 1 aliphatic heterocycles. The van der Waals surface area contributed by atoms with Gasteiger partial charge >= 0.3 is 11.9 Å². The predicted octanol–water partition coefficient (Wildman–Crippen LogP) is 3.76. The Kier molecular flexibility index (Phi) is 6.45. The lowest BCUT2D eigenvalue weighted by Crippen LogP contribution is -2.39. The molecule has 0 spiro atoms. The fraction of sp³-hybridized carbons (Fsp3) is 0.143. The molecular formula is C28H22N2O6S. The molecule has 186 valence electrons. The fourth-order valence-corrected chi connectivity index (χ4v) is 5.29. The molecule has 5 rings (SSSR count).